The van der Waals surface area contributed by atoms with Crippen LogP contribution in [-0.4, -0.2) is 25.0 Å². The zero-order chi connectivity index (χ0) is 11.9. The molecule has 94 valence electrons. The molecule has 1 aromatic rings. The van der Waals surface area contributed by atoms with Crippen molar-refractivity contribution in [3.8, 4) is 0 Å². The average molecular weight is 231 g/mol. The molecule has 1 saturated carbocycles. The fourth-order valence-electron chi connectivity index (χ4n) is 2.87. The first kappa shape index (κ1) is 12.6. The molecule has 2 rings (SSSR count). The Morgan fingerprint density at radius 2 is 1.76 bits per heavy atom. The van der Waals surface area contributed by atoms with Crippen molar-refractivity contribution >= 4 is 0 Å². The number of hydrogen-bond acceptors (Lipinski definition) is 1. The highest BCUT2D eigenvalue weighted by molar-refractivity contribution is 5.14. The van der Waals surface area contributed by atoms with E-state index in [1.165, 1.54) is 57.2 Å². The van der Waals surface area contributed by atoms with E-state index in [0.717, 1.165) is 5.92 Å². The van der Waals surface area contributed by atoms with Gasteiger partial charge in [-0.3, -0.25) is 0 Å². The first-order valence-corrected chi connectivity index (χ1v) is 7.07. The zero-order valence-corrected chi connectivity index (χ0v) is 11.1. The first-order chi connectivity index (χ1) is 8.34. The summed E-state index contributed by atoms with van der Waals surface area (Å²) in [6, 6.07) is 10.8. The lowest BCUT2D eigenvalue weighted by atomic mass is 9.89. The summed E-state index contributed by atoms with van der Waals surface area (Å²) in [5.41, 5.74) is 1.46. The molecule has 0 saturated heterocycles. The van der Waals surface area contributed by atoms with Crippen LogP contribution in [0.4, 0.5) is 0 Å². The summed E-state index contributed by atoms with van der Waals surface area (Å²) in [4.78, 5) is 2.52. The molecule has 0 unspecified atom stereocenters. The van der Waals surface area contributed by atoms with E-state index in [-0.39, 0.29) is 0 Å². The highest BCUT2D eigenvalue weighted by Crippen LogP contribution is 2.24. The Morgan fingerprint density at radius 1 is 1.06 bits per heavy atom. The van der Waals surface area contributed by atoms with Crippen LogP contribution in [0.5, 0.6) is 0 Å². The van der Waals surface area contributed by atoms with E-state index in [0.29, 0.717) is 0 Å². The van der Waals surface area contributed by atoms with Gasteiger partial charge in [0.05, 0.1) is 0 Å². The van der Waals surface area contributed by atoms with Crippen molar-refractivity contribution in [2.45, 2.75) is 38.5 Å². The van der Waals surface area contributed by atoms with Crippen molar-refractivity contribution in [2.75, 3.05) is 20.1 Å². The van der Waals surface area contributed by atoms with Gasteiger partial charge in [0.2, 0.25) is 0 Å². The molecule has 17 heavy (non-hydrogen) atoms. The summed E-state index contributed by atoms with van der Waals surface area (Å²) in [7, 11) is 2.28. The Balaban J connectivity index is 1.68. The van der Waals surface area contributed by atoms with Crippen LogP contribution >= 0.6 is 0 Å². The Hall–Kier alpha value is -0.820. The first-order valence-electron chi connectivity index (χ1n) is 7.07. The van der Waals surface area contributed by atoms with Crippen molar-refractivity contribution in [1.29, 1.82) is 0 Å². The van der Waals surface area contributed by atoms with Crippen molar-refractivity contribution in [2.24, 2.45) is 5.92 Å². The van der Waals surface area contributed by atoms with E-state index in [9.17, 15) is 0 Å². The number of rotatable bonds is 5. The smallest absolute Gasteiger partial charge is 0.00189 e. The SMILES string of the molecule is CN(CCc1ccccc1)CC1CCCCC1. The van der Waals surface area contributed by atoms with Crippen LogP contribution in [0.25, 0.3) is 0 Å². The standard InChI is InChI=1S/C16H25N/c1-17(14-16-10-6-3-7-11-16)13-12-15-8-4-2-5-9-15/h2,4-5,8-9,16H,3,6-7,10-14H2,1H3. The molecule has 0 spiro atoms. The normalized spacial score (nSPS) is 17.5. The van der Waals surface area contributed by atoms with Crippen LogP contribution in [0.2, 0.25) is 0 Å². The van der Waals surface area contributed by atoms with Gasteiger partial charge in [0.1, 0.15) is 0 Å². The molecule has 0 atom stereocenters. The lowest BCUT2D eigenvalue weighted by molar-refractivity contribution is 0.235. The predicted molar refractivity (Wildman–Crippen MR) is 74.2 cm³/mol. The Labute approximate surface area is 106 Å². The van der Waals surface area contributed by atoms with Crippen LogP contribution in [0.1, 0.15) is 37.7 Å². The Morgan fingerprint density at radius 3 is 2.47 bits per heavy atom. The minimum absolute atomic E-state index is 0.963. The van der Waals surface area contributed by atoms with Crippen molar-refractivity contribution in [1.82, 2.24) is 4.90 Å². The van der Waals surface area contributed by atoms with E-state index >= 15 is 0 Å². The van der Waals surface area contributed by atoms with E-state index in [1.807, 2.05) is 0 Å². The third-order valence-electron chi connectivity index (χ3n) is 3.92. The highest BCUT2D eigenvalue weighted by atomic mass is 15.1. The van der Waals surface area contributed by atoms with Gasteiger partial charge in [-0.15, -0.1) is 0 Å². The van der Waals surface area contributed by atoms with Gasteiger partial charge >= 0.3 is 0 Å². The molecule has 0 amide bonds. The summed E-state index contributed by atoms with van der Waals surface area (Å²) < 4.78 is 0. The van der Waals surface area contributed by atoms with Gasteiger partial charge < -0.3 is 4.90 Å². The summed E-state index contributed by atoms with van der Waals surface area (Å²) >= 11 is 0. The van der Waals surface area contributed by atoms with Gasteiger partial charge in [0.25, 0.3) is 0 Å². The summed E-state index contributed by atoms with van der Waals surface area (Å²) in [6.45, 7) is 2.49. The Kier molecular flexibility index (Phi) is 5.06. The molecule has 0 radical (unpaired) electrons. The number of benzene rings is 1. The van der Waals surface area contributed by atoms with Crippen molar-refractivity contribution in [3.63, 3.8) is 0 Å². The molecule has 1 nitrogen and oxygen atoms in total. The molecular formula is C16H25N. The highest BCUT2D eigenvalue weighted by Gasteiger charge is 2.14. The molecule has 0 aromatic heterocycles. The largest absolute Gasteiger partial charge is 0.306 e. The van der Waals surface area contributed by atoms with Gasteiger partial charge in [-0.1, -0.05) is 49.6 Å². The zero-order valence-electron chi connectivity index (χ0n) is 11.1. The van der Waals surface area contributed by atoms with Crippen molar-refractivity contribution in [3.05, 3.63) is 35.9 Å². The van der Waals surface area contributed by atoms with Gasteiger partial charge in [-0.05, 0) is 37.8 Å². The molecule has 1 aromatic carbocycles. The van der Waals surface area contributed by atoms with Crippen LogP contribution in [-0.2, 0) is 6.42 Å². The molecular weight excluding hydrogens is 206 g/mol. The maximum atomic E-state index is 2.52. The monoisotopic (exact) mass is 231 g/mol. The predicted octanol–water partition coefficient (Wildman–Crippen LogP) is 3.74. The molecule has 1 fully saturated rings. The van der Waals surface area contributed by atoms with Crippen LogP contribution < -0.4 is 0 Å². The molecule has 0 heterocycles. The number of hydrogen-bond donors (Lipinski definition) is 0. The molecule has 1 aliphatic carbocycles. The lowest BCUT2D eigenvalue weighted by Gasteiger charge is -2.27. The fraction of sp³-hybridized carbons (Fsp3) is 0.625. The second kappa shape index (κ2) is 6.80. The molecule has 1 aliphatic rings. The van der Waals surface area contributed by atoms with Crippen molar-refractivity contribution < 1.29 is 0 Å². The van der Waals surface area contributed by atoms with E-state index in [2.05, 4.69) is 42.3 Å². The van der Waals surface area contributed by atoms with Gasteiger partial charge in [0.15, 0.2) is 0 Å². The number of nitrogens with zero attached hydrogens (tertiary/aromatic N) is 1. The van der Waals surface area contributed by atoms with E-state index in [1.54, 1.807) is 0 Å². The van der Waals surface area contributed by atoms with Crippen LogP contribution in [0, 0.1) is 5.92 Å². The second-order valence-electron chi connectivity index (χ2n) is 5.50. The quantitative estimate of drug-likeness (QED) is 0.746. The molecule has 1 heteroatoms. The Bertz CT molecular complexity index is 301. The summed E-state index contributed by atoms with van der Waals surface area (Å²) in [5, 5.41) is 0. The second-order valence-corrected chi connectivity index (χ2v) is 5.50. The van der Waals surface area contributed by atoms with Gasteiger partial charge in [0, 0.05) is 13.1 Å². The molecule has 0 N–H and O–H groups in total. The summed E-state index contributed by atoms with van der Waals surface area (Å²) in [5.74, 6) is 0.963. The molecule has 0 bridgehead atoms. The molecule has 0 aliphatic heterocycles. The maximum absolute atomic E-state index is 2.52. The third kappa shape index (κ3) is 4.51. The number of likely N-dealkylation sites (N-methyl/N-ethyl adjacent to an activating group) is 1. The van der Waals surface area contributed by atoms with E-state index in [4.69, 9.17) is 0 Å². The fourth-order valence-corrected chi connectivity index (χ4v) is 2.87. The van der Waals surface area contributed by atoms with Crippen LogP contribution in [0.15, 0.2) is 30.3 Å². The minimum Gasteiger partial charge on any atom is -0.306 e. The van der Waals surface area contributed by atoms with Gasteiger partial charge in [-0.25, -0.2) is 0 Å². The maximum Gasteiger partial charge on any atom is 0.00189 e. The average Bonchev–Trinajstić information content (AvgIpc) is 2.39. The summed E-state index contributed by atoms with van der Waals surface area (Å²) in [6.07, 6.45) is 8.47. The van der Waals surface area contributed by atoms with Gasteiger partial charge in [-0.2, -0.15) is 0 Å². The topological polar surface area (TPSA) is 3.24 Å². The lowest BCUT2D eigenvalue weighted by Crippen LogP contribution is -2.28. The minimum atomic E-state index is 0.963. The third-order valence-corrected chi connectivity index (χ3v) is 3.92. The van der Waals surface area contributed by atoms with Crippen LogP contribution in [0.3, 0.4) is 0 Å². The van der Waals surface area contributed by atoms with E-state index < -0.39 is 0 Å².